The van der Waals surface area contributed by atoms with Crippen molar-refractivity contribution in [2.45, 2.75) is 31.8 Å². The molecule has 4 nitrogen and oxygen atoms in total. The van der Waals surface area contributed by atoms with Gasteiger partial charge in [-0.05, 0) is 37.1 Å². The molecule has 0 saturated heterocycles. The van der Waals surface area contributed by atoms with E-state index in [1.807, 2.05) is 0 Å². The van der Waals surface area contributed by atoms with E-state index in [-0.39, 0.29) is 6.54 Å². The van der Waals surface area contributed by atoms with Crippen LogP contribution in [0.2, 0.25) is 0 Å². The van der Waals surface area contributed by atoms with Crippen LogP contribution in [0.4, 0.5) is 13.2 Å². The predicted molar refractivity (Wildman–Crippen MR) is 72.3 cm³/mol. The second kappa shape index (κ2) is 6.05. The summed E-state index contributed by atoms with van der Waals surface area (Å²) in [4.78, 5) is 11.6. The number of hydrogen-bond donors (Lipinski definition) is 1. The fourth-order valence-corrected chi connectivity index (χ4v) is 2.06. The van der Waals surface area contributed by atoms with Crippen molar-refractivity contribution in [1.29, 1.82) is 0 Å². The van der Waals surface area contributed by atoms with Gasteiger partial charge in [-0.3, -0.25) is 4.79 Å². The first-order valence-corrected chi connectivity index (χ1v) is 8.01. The van der Waals surface area contributed by atoms with Crippen LogP contribution in [0.3, 0.4) is 0 Å². The van der Waals surface area contributed by atoms with Crippen LogP contribution in [0.1, 0.15) is 23.6 Å². The van der Waals surface area contributed by atoms with E-state index >= 15 is 0 Å². The Bertz CT molecular complexity index is 639. The number of alkyl halides is 3. The lowest BCUT2D eigenvalue weighted by Crippen LogP contribution is -2.37. The molecule has 8 heteroatoms. The van der Waals surface area contributed by atoms with E-state index in [0.29, 0.717) is 11.1 Å². The van der Waals surface area contributed by atoms with Crippen molar-refractivity contribution < 1.29 is 26.4 Å². The number of halogens is 3. The van der Waals surface area contributed by atoms with Crippen LogP contribution in [0.5, 0.6) is 0 Å². The van der Waals surface area contributed by atoms with E-state index in [1.54, 1.807) is 0 Å². The van der Waals surface area contributed by atoms with E-state index in [4.69, 9.17) is 0 Å². The third-order valence-corrected chi connectivity index (χ3v) is 4.63. The quantitative estimate of drug-likeness (QED) is 0.922. The Morgan fingerprint density at radius 3 is 2.33 bits per heavy atom. The lowest BCUT2D eigenvalue weighted by Gasteiger charge is -2.13. The highest BCUT2D eigenvalue weighted by Crippen LogP contribution is 2.30. The van der Waals surface area contributed by atoms with Crippen LogP contribution in [-0.2, 0) is 27.4 Å². The number of nitrogens with one attached hydrogen (secondary N) is 1. The highest BCUT2D eigenvalue weighted by atomic mass is 32.2. The summed E-state index contributed by atoms with van der Waals surface area (Å²) in [6, 6.07) is 3.18. The number of rotatable bonds is 4. The molecule has 0 bridgehead atoms. The average molecular weight is 323 g/mol. The molecular formula is C13H16F3NO3S. The Hall–Kier alpha value is -1.57. The molecule has 0 saturated carbocycles. The molecule has 0 aromatic heterocycles. The molecule has 0 heterocycles. The zero-order valence-corrected chi connectivity index (χ0v) is 12.6. The van der Waals surface area contributed by atoms with E-state index in [2.05, 4.69) is 5.32 Å². The molecule has 21 heavy (non-hydrogen) atoms. The smallest absolute Gasteiger partial charge is 0.351 e. The van der Waals surface area contributed by atoms with Crippen molar-refractivity contribution in [3.8, 4) is 0 Å². The molecule has 0 aliphatic rings. The molecule has 0 unspecified atom stereocenters. The lowest BCUT2D eigenvalue weighted by molar-refractivity contribution is -0.137. The Labute approximate surface area is 121 Å². The molecule has 0 aliphatic carbocycles. The molecule has 1 aromatic rings. The summed E-state index contributed by atoms with van der Waals surface area (Å²) < 4.78 is 60.0. The molecular weight excluding hydrogens is 307 g/mol. The minimum Gasteiger partial charge on any atom is -0.351 e. The van der Waals surface area contributed by atoms with Gasteiger partial charge < -0.3 is 5.32 Å². The van der Waals surface area contributed by atoms with Gasteiger partial charge in [0, 0.05) is 12.8 Å². The highest BCUT2D eigenvalue weighted by Gasteiger charge is 2.30. The monoisotopic (exact) mass is 323 g/mol. The van der Waals surface area contributed by atoms with Gasteiger partial charge in [-0.15, -0.1) is 0 Å². The average Bonchev–Trinajstić information content (AvgIpc) is 2.33. The minimum atomic E-state index is -4.42. The predicted octanol–water partition coefficient (Wildman–Crippen LogP) is 2.06. The molecule has 0 spiro atoms. The normalized spacial score (nSPS) is 13.8. The molecule has 1 atom stereocenters. The zero-order chi connectivity index (χ0) is 16.4. The third kappa shape index (κ3) is 4.73. The number of carbonyl (C=O) groups is 1. The molecule has 1 amide bonds. The van der Waals surface area contributed by atoms with Gasteiger partial charge >= 0.3 is 6.18 Å². The molecule has 0 radical (unpaired) electrons. The van der Waals surface area contributed by atoms with E-state index < -0.39 is 32.7 Å². The molecule has 1 N–H and O–H groups in total. The van der Waals surface area contributed by atoms with Gasteiger partial charge in [-0.25, -0.2) is 8.42 Å². The summed E-state index contributed by atoms with van der Waals surface area (Å²) in [5.41, 5.74) is 0.105. The fourth-order valence-electron chi connectivity index (χ4n) is 1.59. The van der Waals surface area contributed by atoms with Gasteiger partial charge in [0.25, 0.3) is 0 Å². The molecule has 0 fully saturated rings. The van der Waals surface area contributed by atoms with Crippen LogP contribution in [0.25, 0.3) is 0 Å². The number of amides is 1. The number of aryl methyl sites for hydroxylation is 1. The van der Waals surface area contributed by atoms with Crippen molar-refractivity contribution in [1.82, 2.24) is 5.32 Å². The molecule has 118 valence electrons. The number of carbonyl (C=O) groups excluding carboxylic acids is 1. The van der Waals surface area contributed by atoms with Crippen LogP contribution in [0, 0.1) is 6.92 Å². The van der Waals surface area contributed by atoms with Gasteiger partial charge in [0.2, 0.25) is 5.91 Å². The number of sulfone groups is 1. The van der Waals surface area contributed by atoms with Crippen molar-refractivity contribution in [2.75, 3.05) is 6.26 Å². The Kier molecular flexibility index (Phi) is 5.03. The first kappa shape index (κ1) is 17.5. The molecule has 0 aliphatic heterocycles. The summed E-state index contributed by atoms with van der Waals surface area (Å²) >= 11 is 0. The van der Waals surface area contributed by atoms with Crippen LogP contribution in [0.15, 0.2) is 18.2 Å². The van der Waals surface area contributed by atoms with Crippen molar-refractivity contribution >= 4 is 15.7 Å². The second-order valence-corrected chi connectivity index (χ2v) is 7.19. The summed E-state index contributed by atoms with van der Waals surface area (Å²) in [5.74, 6) is -0.684. The molecule has 1 aromatic carbocycles. The van der Waals surface area contributed by atoms with Gasteiger partial charge in [0.15, 0.2) is 9.84 Å². The fraction of sp³-hybridized carbons (Fsp3) is 0.462. The first-order valence-electron chi connectivity index (χ1n) is 6.06. The van der Waals surface area contributed by atoms with Gasteiger partial charge in [0.1, 0.15) is 5.25 Å². The SMILES string of the molecule is Cc1cc(C(F)(F)F)ccc1CNC(=O)[C@@H](C)S(C)(=O)=O. The Balaban J connectivity index is 2.80. The largest absolute Gasteiger partial charge is 0.416 e. The van der Waals surface area contributed by atoms with Gasteiger partial charge in [-0.1, -0.05) is 6.07 Å². The van der Waals surface area contributed by atoms with E-state index in [9.17, 15) is 26.4 Å². The zero-order valence-electron chi connectivity index (χ0n) is 11.8. The minimum absolute atomic E-state index is 0.0251. The van der Waals surface area contributed by atoms with Crippen molar-refractivity contribution in [2.24, 2.45) is 0 Å². The summed E-state index contributed by atoms with van der Waals surface area (Å²) in [6.45, 7) is 2.73. The topological polar surface area (TPSA) is 63.2 Å². The summed E-state index contributed by atoms with van der Waals surface area (Å²) in [7, 11) is -3.50. The third-order valence-electron chi connectivity index (χ3n) is 3.13. The van der Waals surface area contributed by atoms with E-state index in [1.165, 1.54) is 19.9 Å². The Morgan fingerprint density at radius 2 is 1.90 bits per heavy atom. The summed E-state index contributed by atoms with van der Waals surface area (Å²) in [6.07, 6.45) is -3.47. The summed E-state index contributed by atoms with van der Waals surface area (Å²) in [5, 5.41) is 1.20. The number of hydrogen-bond acceptors (Lipinski definition) is 3. The van der Waals surface area contributed by atoms with Crippen molar-refractivity contribution in [3.63, 3.8) is 0 Å². The van der Waals surface area contributed by atoms with Gasteiger partial charge in [-0.2, -0.15) is 13.2 Å². The van der Waals surface area contributed by atoms with Crippen LogP contribution >= 0.6 is 0 Å². The maximum absolute atomic E-state index is 12.5. The lowest BCUT2D eigenvalue weighted by atomic mass is 10.0. The standard InChI is InChI=1S/C13H16F3NO3S/c1-8-6-11(13(14,15)16)5-4-10(8)7-17-12(18)9(2)21(3,19)20/h4-6,9H,7H2,1-3H3,(H,17,18)/t9-/m1/s1. The highest BCUT2D eigenvalue weighted by molar-refractivity contribution is 7.92. The van der Waals surface area contributed by atoms with Gasteiger partial charge in [0.05, 0.1) is 5.56 Å². The maximum Gasteiger partial charge on any atom is 0.416 e. The first-order chi connectivity index (χ1) is 9.43. The Morgan fingerprint density at radius 1 is 1.33 bits per heavy atom. The van der Waals surface area contributed by atoms with Crippen LogP contribution in [-0.4, -0.2) is 25.8 Å². The maximum atomic E-state index is 12.5. The van der Waals surface area contributed by atoms with Crippen molar-refractivity contribution in [3.05, 3.63) is 34.9 Å². The molecule has 1 rings (SSSR count). The second-order valence-electron chi connectivity index (χ2n) is 4.83. The van der Waals surface area contributed by atoms with Crippen LogP contribution < -0.4 is 5.32 Å². The number of benzene rings is 1. The van der Waals surface area contributed by atoms with E-state index in [0.717, 1.165) is 18.4 Å².